The number of hydrogen-bond acceptors (Lipinski definition) is 7. The highest BCUT2D eigenvalue weighted by molar-refractivity contribution is 5.95. The van der Waals surface area contributed by atoms with Gasteiger partial charge in [0.05, 0.1) is 19.6 Å². The number of carboxylic acids is 2. The van der Waals surface area contributed by atoms with Crippen LogP contribution >= 0.6 is 0 Å². The van der Waals surface area contributed by atoms with E-state index in [1.165, 1.54) is 0 Å². The molecule has 0 aromatic heterocycles. The van der Waals surface area contributed by atoms with E-state index in [0.29, 0.717) is 0 Å². The molecule has 10 N–H and O–H groups in total. The van der Waals surface area contributed by atoms with Gasteiger partial charge in [-0.05, 0) is 22.9 Å². The Morgan fingerprint density at radius 3 is 1.79 bits per heavy atom. The predicted molar refractivity (Wildman–Crippen MR) is 108 cm³/mol. The monoisotopic (exact) mass is 407 g/mol. The predicted octanol–water partition coefficient (Wildman–Crippen LogP) is -1.09. The first-order chi connectivity index (χ1) is 13.7. The van der Waals surface area contributed by atoms with Gasteiger partial charge >= 0.3 is 11.9 Å². The first kappa shape index (κ1) is 25.5. The lowest BCUT2D eigenvalue weighted by Gasteiger charge is -2.04. The summed E-state index contributed by atoms with van der Waals surface area (Å²) in [6, 6.07) is 13.8. The molecular formula is C18H25N5O6. The van der Waals surface area contributed by atoms with Gasteiger partial charge in [-0.15, -0.1) is 0 Å². The van der Waals surface area contributed by atoms with E-state index >= 15 is 0 Å². The van der Waals surface area contributed by atoms with Gasteiger partial charge in [-0.1, -0.05) is 30.3 Å². The summed E-state index contributed by atoms with van der Waals surface area (Å²) in [5.41, 5.74) is 15.4. The van der Waals surface area contributed by atoms with Gasteiger partial charge in [-0.25, -0.2) is 0 Å². The van der Waals surface area contributed by atoms with Crippen LogP contribution in [0, 0.1) is 0 Å². The van der Waals surface area contributed by atoms with Gasteiger partial charge in [0.25, 0.3) is 0 Å². The van der Waals surface area contributed by atoms with Gasteiger partial charge in [0.15, 0.2) is 0 Å². The fourth-order valence-corrected chi connectivity index (χ4v) is 1.73. The van der Waals surface area contributed by atoms with Crippen molar-refractivity contribution in [1.29, 1.82) is 0 Å². The molecule has 0 aliphatic heterocycles. The molecule has 0 spiro atoms. The second kappa shape index (κ2) is 14.5. The molecule has 0 saturated carbocycles. The van der Waals surface area contributed by atoms with Crippen molar-refractivity contribution >= 4 is 40.2 Å². The zero-order valence-corrected chi connectivity index (χ0v) is 15.6. The molecule has 2 aromatic rings. The van der Waals surface area contributed by atoms with Crippen molar-refractivity contribution in [3.63, 3.8) is 0 Å². The van der Waals surface area contributed by atoms with E-state index < -0.39 is 17.8 Å². The van der Waals surface area contributed by atoms with E-state index in [-0.39, 0.29) is 32.1 Å². The number of amides is 2. The molecule has 0 radical (unpaired) electrons. The summed E-state index contributed by atoms with van der Waals surface area (Å²) in [6.45, 7) is -0.809. The SMILES string of the molecule is NCC(=O)NCC(=O)O.NCC(=O)Nc1ccc2ccccc2c1.NCC(=O)O. The number of carbonyl (C=O) groups excluding carboxylic acids is 2. The molecule has 11 heteroatoms. The highest BCUT2D eigenvalue weighted by Crippen LogP contribution is 2.18. The lowest BCUT2D eigenvalue weighted by atomic mass is 10.1. The van der Waals surface area contributed by atoms with E-state index in [2.05, 4.69) is 16.4 Å². The Labute approximate surface area is 166 Å². The van der Waals surface area contributed by atoms with Crippen LogP contribution in [0.25, 0.3) is 10.8 Å². The van der Waals surface area contributed by atoms with Gasteiger partial charge < -0.3 is 38.0 Å². The Balaban J connectivity index is 0.000000479. The fraction of sp³-hybridized carbons (Fsp3) is 0.222. The molecule has 0 atom stereocenters. The largest absolute Gasteiger partial charge is 0.480 e. The maximum atomic E-state index is 11.1. The van der Waals surface area contributed by atoms with Crippen LogP contribution in [0.3, 0.4) is 0 Å². The van der Waals surface area contributed by atoms with Crippen molar-refractivity contribution in [2.24, 2.45) is 17.2 Å². The standard InChI is InChI=1S/C12H12N2O.C4H8N2O3.C2H5NO2/c13-8-12(15)14-11-6-5-9-3-1-2-4-10(9)7-11;5-1-3(7)6-2-4(8)9;3-1-2(4)5/h1-7H,8,13H2,(H,14,15);1-2,5H2,(H,6,7)(H,8,9);1,3H2,(H,4,5). The molecule has 11 nitrogen and oxygen atoms in total. The van der Waals surface area contributed by atoms with E-state index in [4.69, 9.17) is 21.7 Å². The van der Waals surface area contributed by atoms with Gasteiger partial charge in [0.2, 0.25) is 11.8 Å². The van der Waals surface area contributed by atoms with Crippen LogP contribution in [-0.4, -0.2) is 60.1 Å². The second-order valence-electron chi connectivity index (χ2n) is 5.29. The minimum atomic E-state index is -1.07. The Kier molecular flexibility index (Phi) is 12.7. The molecule has 29 heavy (non-hydrogen) atoms. The molecule has 0 heterocycles. The first-order valence-corrected chi connectivity index (χ1v) is 8.32. The van der Waals surface area contributed by atoms with Gasteiger partial charge in [-0.2, -0.15) is 0 Å². The number of fused-ring (bicyclic) bond motifs is 1. The third kappa shape index (κ3) is 12.5. The topological polar surface area (TPSA) is 211 Å². The van der Waals surface area contributed by atoms with Crippen molar-refractivity contribution in [2.45, 2.75) is 0 Å². The minimum absolute atomic E-state index is 0.00677. The Morgan fingerprint density at radius 2 is 1.31 bits per heavy atom. The number of benzene rings is 2. The normalized spacial score (nSPS) is 9.21. The van der Waals surface area contributed by atoms with Crippen LogP contribution in [-0.2, 0) is 19.2 Å². The summed E-state index contributed by atoms with van der Waals surface area (Å²) < 4.78 is 0. The molecule has 0 bridgehead atoms. The van der Waals surface area contributed by atoms with E-state index in [1.807, 2.05) is 42.5 Å². The second-order valence-corrected chi connectivity index (χ2v) is 5.29. The van der Waals surface area contributed by atoms with Crippen LogP contribution in [0.5, 0.6) is 0 Å². The van der Waals surface area contributed by atoms with E-state index in [9.17, 15) is 19.2 Å². The summed E-state index contributed by atoms with van der Waals surface area (Å²) in [6.07, 6.45) is 0. The summed E-state index contributed by atoms with van der Waals surface area (Å²) in [5, 5.41) is 22.6. The zero-order valence-electron chi connectivity index (χ0n) is 15.6. The third-order valence-electron chi connectivity index (χ3n) is 3.02. The summed E-state index contributed by atoms with van der Waals surface area (Å²) in [4.78, 5) is 40.3. The quantitative estimate of drug-likeness (QED) is 0.309. The lowest BCUT2D eigenvalue weighted by molar-refractivity contribution is -0.137. The van der Waals surface area contributed by atoms with Gasteiger partial charge in [-0.3, -0.25) is 19.2 Å². The maximum absolute atomic E-state index is 11.1. The smallest absolute Gasteiger partial charge is 0.322 e. The highest BCUT2D eigenvalue weighted by Gasteiger charge is 2.00. The fourth-order valence-electron chi connectivity index (χ4n) is 1.73. The number of anilines is 1. The highest BCUT2D eigenvalue weighted by atomic mass is 16.4. The van der Waals surface area contributed by atoms with E-state index in [1.54, 1.807) is 0 Å². The summed E-state index contributed by atoms with van der Waals surface area (Å²) in [7, 11) is 0. The maximum Gasteiger partial charge on any atom is 0.322 e. The first-order valence-electron chi connectivity index (χ1n) is 8.32. The number of nitrogens with one attached hydrogen (secondary N) is 2. The molecule has 0 unspecified atom stereocenters. The number of aliphatic carboxylic acids is 2. The average Bonchev–Trinajstić information content (AvgIpc) is 2.72. The van der Waals surface area contributed by atoms with Crippen molar-refractivity contribution in [2.75, 3.05) is 31.5 Å². The molecule has 0 saturated heterocycles. The molecule has 0 aliphatic rings. The van der Waals surface area contributed by atoms with Crippen LogP contribution in [0.4, 0.5) is 5.69 Å². The molecule has 0 fully saturated rings. The van der Waals surface area contributed by atoms with E-state index in [0.717, 1.165) is 16.5 Å². The third-order valence-corrected chi connectivity index (χ3v) is 3.02. The molecule has 158 valence electrons. The Bertz CT molecular complexity index is 827. The van der Waals surface area contributed by atoms with Crippen molar-refractivity contribution in [1.82, 2.24) is 5.32 Å². The van der Waals surface area contributed by atoms with Crippen LogP contribution in [0.2, 0.25) is 0 Å². The van der Waals surface area contributed by atoms with Crippen LogP contribution < -0.4 is 27.8 Å². The van der Waals surface area contributed by atoms with Crippen LogP contribution in [0.1, 0.15) is 0 Å². The van der Waals surface area contributed by atoms with Gasteiger partial charge in [0, 0.05) is 5.69 Å². The number of rotatable bonds is 6. The summed E-state index contributed by atoms with van der Waals surface area (Å²) >= 11 is 0. The van der Waals surface area contributed by atoms with Crippen molar-refractivity contribution < 1.29 is 29.4 Å². The molecular weight excluding hydrogens is 382 g/mol. The molecule has 2 aromatic carbocycles. The Hall–Kier alpha value is -3.54. The van der Waals surface area contributed by atoms with Crippen molar-refractivity contribution in [3.05, 3.63) is 42.5 Å². The van der Waals surface area contributed by atoms with Crippen LogP contribution in [0.15, 0.2) is 42.5 Å². The minimum Gasteiger partial charge on any atom is -0.480 e. The summed E-state index contributed by atoms with van der Waals surface area (Å²) in [5.74, 6) is -2.68. The number of carbonyl (C=O) groups is 4. The van der Waals surface area contributed by atoms with Gasteiger partial charge in [0.1, 0.15) is 6.54 Å². The zero-order chi connectivity index (χ0) is 22.2. The molecule has 2 rings (SSSR count). The Morgan fingerprint density at radius 1 is 0.759 bits per heavy atom. The number of carboxylic acid groups (broad SMARTS) is 2. The number of nitrogens with two attached hydrogens (primary N) is 3. The lowest BCUT2D eigenvalue weighted by Crippen LogP contribution is -2.34. The molecule has 0 aliphatic carbocycles. The average molecular weight is 407 g/mol. The number of hydrogen-bond donors (Lipinski definition) is 7. The van der Waals surface area contributed by atoms with Crippen molar-refractivity contribution in [3.8, 4) is 0 Å². The molecule has 2 amide bonds.